The molecule has 0 radical (unpaired) electrons. The summed E-state index contributed by atoms with van der Waals surface area (Å²) >= 11 is 1.12. The molecule has 0 aromatic carbocycles. The third-order valence-corrected chi connectivity index (χ3v) is 6.35. The van der Waals surface area contributed by atoms with E-state index in [2.05, 4.69) is 4.98 Å². The van der Waals surface area contributed by atoms with Gasteiger partial charge in [0.2, 0.25) is 0 Å². The molecule has 1 aromatic heterocycles. The topological polar surface area (TPSA) is 76.6 Å². The molecule has 19 heavy (non-hydrogen) atoms. The Hall–Kier alpha value is -0.990. The molecule has 2 rings (SSSR count). The summed E-state index contributed by atoms with van der Waals surface area (Å²) in [6, 6.07) is -0.717. The number of hydrogen-bond acceptors (Lipinski definition) is 6. The van der Waals surface area contributed by atoms with Crippen molar-refractivity contribution in [2.24, 2.45) is 0 Å². The Morgan fingerprint density at radius 2 is 2.26 bits per heavy atom. The average Bonchev–Trinajstić information content (AvgIpc) is 2.85. The van der Waals surface area contributed by atoms with Gasteiger partial charge < -0.3 is 4.74 Å². The molecule has 8 heteroatoms. The zero-order valence-corrected chi connectivity index (χ0v) is 12.5. The number of nitrogens with zero attached hydrogens (tertiary/aromatic N) is 2. The Kier molecular flexibility index (Phi) is 4.22. The first-order chi connectivity index (χ1) is 8.96. The van der Waals surface area contributed by atoms with Gasteiger partial charge in [0.25, 0.3) is 10.0 Å². The van der Waals surface area contributed by atoms with Gasteiger partial charge in [0.05, 0.1) is 18.3 Å². The highest BCUT2D eigenvalue weighted by atomic mass is 32.2. The number of methoxy groups -OCH3 is 1. The van der Waals surface area contributed by atoms with Crippen molar-refractivity contribution in [2.45, 2.75) is 36.4 Å². The van der Waals surface area contributed by atoms with Crippen LogP contribution < -0.4 is 0 Å². The fourth-order valence-corrected chi connectivity index (χ4v) is 5.03. The summed E-state index contributed by atoms with van der Waals surface area (Å²) in [4.78, 5) is 15.7. The number of aryl methyl sites for hydroxylation is 1. The maximum absolute atomic E-state index is 12.5. The van der Waals surface area contributed by atoms with Crippen molar-refractivity contribution in [2.75, 3.05) is 13.7 Å². The van der Waals surface area contributed by atoms with E-state index in [0.717, 1.165) is 24.2 Å². The maximum Gasteiger partial charge on any atom is 0.324 e. The summed E-state index contributed by atoms with van der Waals surface area (Å²) in [7, 11) is -2.38. The van der Waals surface area contributed by atoms with Crippen molar-refractivity contribution >= 4 is 27.3 Å². The molecule has 106 valence electrons. The van der Waals surface area contributed by atoms with Crippen molar-refractivity contribution in [1.82, 2.24) is 9.29 Å². The Balaban J connectivity index is 2.34. The molecule has 0 N–H and O–H groups in total. The van der Waals surface area contributed by atoms with Crippen LogP contribution >= 0.6 is 11.3 Å². The van der Waals surface area contributed by atoms with Crippen LogP contribution in [0.25, 0.3) is 0 Å². The van der Waals surface area contributed by atoms with Crippen LogP contribution in [-0.2, 0) is 19.6 Å². The molecule has 6 nitrogen and oxygen atoms in total. The lowest BCUT2D eigenvalue weighted by Crippen LogP contribution is -2.48. The lowest BCUT2D eigenvalue weighted by Gasteiger charge is -2.32. The number of aromatic nitrogens is 1. The molecular weight excluding hydrogens is 288 g/mol. The summed E-state index contributed by atoms with van der Waals surface area (Å²) in [5.41, 5.74) is 0. The Morgan fingerprint density at radius 3 is 2.84 bits per heavy atom. The first-order valence-electron chi connectivity index (χ1n) is 5.99. The highest BCUT2D eigenvalue weighted by Crippen LogP contribution is 2.28. The van der Waals surface area contributed by atoms with E-state index in [1.54, 1.807) is 6.92 Å². The van der Waals surface area contributed by atoms with Crippen molar-refractivity contribution in [3.63, 3.8) is 0 Å². The third-order valence-electron chi connectivity index (χ3n) is 3.09. The van der Waals surface area contributed by atoms with Crippen LogP contribution in [0.1, 0.15) is 24.3 Å². The molecule has 0 amide bonds. The van der Waals surface area contributed by atoms with E-state index in [0.29, 0.717) is 18.0 Å². The lowest BCUT2D eigenvalue weighted by atomic mass is 10.1. The number of carbonyl (C=O) groups excluding carboxylic acids is 1. The number of hydrogen-bond donors (Lipinski definition) is 0. The van der Waals surface area contributed by atoms with E-state index < -0.39 is 22.0 Å². The van der Waals surface area contributed by atoms with E-state index in [9.17, 15) is 13.2 Å². The zero-order valence-electron chi connectivity index (χ0n) is 10.8. The van der Waals surface area contributed by atoms with Gasteiger partial charge in [-0.3, -0.25) is 4.79 Å². The fourth-order valence-electron chi connectivity index (χ4n) is 2.14. The van der Waals surface area contributed by atoms with Gasteiger partial charge in [0.15, 0.2) is 4.21 Å². The number of esters is 1. The van der Waals surface area contributed by atoms with Gasteiger partial charge in [-0.25, -0.2) is 13.4 Å². The summed E-state index contributed by atoms with van der Waals surface area (Å²) in [6.45, 7) is 2.09. The molecule has 0 unspecified atom stereocenters. The Labute approximate surface area is 116 Å². The molecule has 1 aliphatic rings. The number of rotatable bonds is 3. The van der Waals surface area contributed by atoms with Crippen LogP contribution in [0.5, 0.6) is 0 Å². The molecule has 1 atom stereocenters. The Morgan fingerprint density at radius 1 is 1.53 bits per heavy atom. The van der Waals surface area contributed by atoms with Gasteiger partial charge in [0, 0.05) is 6.54 Å². The van der Waals surface area contributed by atoms with Crippen molar-refractivity contribution in [3.8, 4) is 0 Å². The average molecular weight is 304 g/mol. The van der Waals surface area contributed by atoms with Crippen LogP contribution in [0.15, 0.2) is 10.4 Å². The molecule has 1 saturated heterocycles. The van der Waals surface area contributed by atoms with Crippen LogP contribution in [0.2, 0.25) is 0 Å². The zero-order chi connectivity index (χ0) is 14.0. The first kappa shape index (κ1) is 14.4. The largest absolute Gasteiger partial charge is 0.468 e. The summed E-state index contributed by atoms with van der Waals surface area (Å²) in [5.74, 6) is -0.496. The van der Waals surface area contributed by atoms with E-state index in [-0.39, 0.29) is 4.21 Å². The molecule has 2 heterocycles. The monoisotopic (exact) mass is 304 g/mol. The van der Waals surface area contributed by atoms with Crippen LogP contribution in [0, 0.1) is 6.92 Å². The van der Waals surface area contributed by atoms with Crippen LogP contribution in [0.3, 0.4) is 0 Å². The summed E-state index contributed by atoms with van der Waals surface area (Å²) in [6.07, 6.45) is 3.43. The van der Waals surface area contributed by atoms with E-state index >= 15 is 0 Å². The molecule has 0 aliphatic carbocycles. The van der Waals surface area contributed by atoms with Crippen molar-refractivity contribution in [3.05, 3.63) is 11.2 Å². The predicted molar refractivity (Wildman–Crippen MR) is 70.4 cm³/mol. The van der Waals surface area contributed by atoms with Crippen molar-refractivity contribution in [1.29, 1.82) is 0 Å². The Bertz CT molecular complexity index is 567. The molecule has 0 spiro atoms. The fraction of sp³-hybridized carbons (Fsp3) is 0.636. The number of thiazole rings is 1. The van der Waals surface area contributed by atoms with Crippen molar-refractivity contribution < 1.29 is 17.9 Å². The van der Waals surface area contributed by atoms with Gasteiger partial charge >= 0.3 is 5.97 Å². The minimum Gasteiger partial charge on any atom is -0.468 e. The molecule has 0 bridgehead atoms. The van der Waals surface area contributed by atoms with E-state index in [1.165, 1.54) is 17.6 Å². The lowest BCUT2D eigenvalue weighted by molar-refractivity contribution is -0.146. The standard InChI is InChI=1S/C11H16N2O4S2/c1-8-12-7-10(18-8)19(15,16)13-6-4-3-5-9(13)11(14)17-2/h7,9H,3-6H2,1-2H3/t9-/m1/s1. The number of carbonyl (C=O) groups is 1. The first-order valence-corrected chi connectivity index (χ1v) is 8.24. The van der Waals surface area contributed by atoms with Crippen LogP contribution in [-0.4, -0.2) is 43.4 Å². The molecule has 1 fully saturated rings. The summed E-state index contributed by atoms with van der Waals surface area (Å²) in [5, 5.41) is 0.685. The van der Waals surface area contributed by atoms with Crippen LogP contribution in [0.4, 0.5) is 0 Å². The second-order valence-electron chi connectivity index (χ2n) is 4.35. The SMILES string of the molecule is COC(=O)[C@H]1CCCCN1S(=O)(=O)c1cnc(C)s1. The molecular formula is C11H16N2O4S2. The van der Waals surface area contributed by atoms with E-state index in [4.69, 9.17) is 4.74 Å². The predicted octanol–water partition coefficient (Wildman–Crippen LogP) is 1.17. The highest BCUT2D eigenvalue weighted by molar-refractivity contribution is 7.91. The smallest absolute Gasteiger partial charge is 0.324 e. The minimum atomic E-state index is -3.66. The molecule has 0 saturated carbocycles. The van der Waals surface area contributed by atoms with Gasteiger partial charge in [-0.2, -0.15) is 4.31 Å². The quantitative estimate of drug-likeness (QED) is 0.783. The van der Waals surface area contributed by atoms with Gasteiger partial charge in [-0.1, -0.05) is 0 Å². The molecule has 1 aromatic rings. The molecule has 1 aliphatic heterocycles. The maximum atomic E-state index is 12.5. The second-order valence-corrected chi connectivity index (χ2v) is 7.70. The third kappa shape index (κ3) is 2.80. The second kappa shape index (κ2) is 5.56. The van der Waals surface area contributed by atoms with Gasteiger partial charge in [0.1, 0.15) is 6.04 Å². The number of sulfonamides is 1. The van der Waals surface area contributed by atoms with Gasteiger partial charge in [-0.15, -0.1) is 11.3 Å². The normalized spacial score (nSPS) is 21.3. The number of ether oxygens (including phenoxy) is 1. The van der Waals surface area contributed by atoms with E-state index in [1.807, 2.05) is 0 Å². The van der Waals surface area contributed by atoms with Gasteiger partial charge in [-0.05, 0) is 26.2 Å². The minimum absolute atomic E-state index is 0.181. The summed E-state index contributed by atoms with van der Waals surface area (Å²) < 4.78 is 31.2. The highest BCUT2D eigenvalue weighted by Gasteiger charge is 2.39. The number of piperidine rings is 1.